The first kappa shape index (κ1) is 8.94. The Hall–Kier alpha value is -0.330. The normalized spacial score (nSPS) is 46.9. The first-order valence-corrected chi connectivity index (χ1v) is 6.43. The Morgan fingerprint density at radius 3 is 2.21 bits per heavy atom. The van der Waals surface area contributed by atoms with Gasteiger partial charge in [0.2, 0.25) is 0 Å². The van der Waals surface area contributed by atoms with Gasteiger partial charge in [-0.25, -0.2) is 0 Å². The molecule has 0 aromatic carbocycles. The third-order valence-corrected chi connectivity index (χ3v) is 4.93. The van der Waals surface area contributed by atoms with Crippen molar-refractivity contribution in [1.82, 2.24) is 0 Å². The van der Waals surface area contributed by atoms with Crippen LogP contribution in [0.2, 0.25) is 0 Å². The van der Waals surface area contributed by atoms with Crippen LogP contribution in [-0.4, -0.2) is 12.8 Å². The molecule has 0 radical (unpaired) electrons. The topological polar surface area (TPSA) is 12.4 Å². The van der Waals surface area contributed by atoms with Crippen LogP contribution < -0.4 is 0 Å². The Kier molecular flexibility index (Phi) is 2.35. The van der Waals surface area contributed by atoms with Gasteiger partial charge in [-0.3, -0.25) is 4.99 Å². The number of hydrogen-bond donors (Lipinski definition) is 0. The van der Waals surface area contributed by atoms with Crippen LogP contribution in [0.5, 0.6) is 0 Å². The largest absolute Gasteiger partial charge is 0.298 e. The van der Waals surface area contributed by atoms with Gasteiger partial charge in [0, 0.05) is 6.54 Å². The maximum Gasteiger partial charge on any atom is 0.0388 e. The molecule has 2 heterocycles. The molecule has 14 heavy (non-hydrogen) atoms. The van der Waals surface area contributed by atoms with Gasteiger partial charge >= 0.3 is 0 Å². The predicted octanol–water partition coefficient (Wildman–Crippen LogP) is 3.29. The fraction of sp³-hybridized carbons (Fsp3) is 0.923. The average molecular weight is 191 g/mol. The number of aliphatic imine (C=N–C) groups is 1. The number of hydrogen-bond acceptors (Lipinski definition) is 1. The van der Waals surface area contributed by atoms with Crippen molar-refractivity contribution < 1.29 is 0 Å². The van der Waals surface area contributed by atoms with Crippen LogP contribution in [-0.2, 0) is 0 Å². The van der Waals surface area contributed by atoms with E-state index in [2.05, 4.69) is 11.2 Å². The molecule has 4 rings (SSSR count). The van der Waals surface area contributed by atoms with E-state index in [-0.39, 0.29) is 0 Å². The summed E-state index contributed by atoms with van der Waals surface area (Å²) in [5.41, 5.74) is 0. The lowest BCUT2D eigenvalue weighted by Crippen LogP contribution is -2.42. The van der Waals surface area contributed by atoms with Crippen molar-refractivity contribution >= 4 is 6.21 Å². The van der Waals surface area contributed by atoms with E-state index in [0.717, 1.165) is 30.2 Å². The van der Waals surface area contributed by atoms with Gasteiger partial charge in [-0.2, -0.15) is 0 Å². The van der Waals surface area contributed by atoms with Crippen molar-refractivity contribution in [3.63, 3.8) is 0 Å². The lowest BCUT2D eigenvalue weighted by atomic mass is 9.55. The Bertz CT molecular complexity index is 209. The van der Waals surface area contributed by atoms with E-state index in [4.69, 9.17) is 0 Å². The molecule has 2 saturated carbocycles. The SMILES string of the molecule is C1=NCCC2CCC(CC1)C1CCC21. The van der Waals surface area contributed by atoms with Crippen molar-refractivity contribution in [3.8, 4) is 0 Å². The van der Waals surface area contributed by atoms with E-state index in [1.807, 2.05) is 0 Å². The standard InChI is InChI=1S/C13H21N/c1-2-10-3-4-11(7-9-14-8-1)13-6-5-12(10)13/h8,10-13H,1-7,9H2. The summed E-state index contributed by atoms with van der Waals surface area (Å²) >= 11 is 0. The van der Waals surface area contributed by atoms with E-state index in [9.17, 15) is 0 Å². The zero-order chi connectivity index (χ0) is 9.38. The molecule has 2 aliphatic heterocycles. The van der Waals surface area contributed by atoms with Crippen LogP contribution >= 0.6 is 0 Å². The maximum absolute atomic E-state index is 4.51. The number of nitrogens with zero attached hydrogens (tertiary/aromatic N) is 1. The highest BCUT2D eigenvalue weighted by Gasteiger charge is 2.44. The van der Waals surface area contributed by atoms with Gasteiger partial charge in [0.05, 0.1) is 0 Å². The van der Waals surface area contributed by atoms with Crippen molar-refractivity contribution in [1.29, 1.82) is 0 Å². The lowest BCUT2D eigenvalue weighted by molar-refractivity contribution is -0.00355. The minimum Gasteiger partial charge on any atom is -0.298 e. The minimum absolute atomic E-state index is 1.04. The van der Waals surface area contributed by atoms with Crippen LogP contribution in [0.15, 0.2) is 4.99 Å². The molecule has 4 atom stereocenters. The highest BCUT2D eigenvalue weighted by Crippen LogP contribution is 2.53. The van der Waals surface area contributed by atoms with Gasteiger partial charge < -0.3 is 0 Å². The molecule has 0 aromatic rings. The maximum atomic E-state index is 4.51. The quantitative estimate of drug-likeness (QED) is 0.557. The second-order valence-electron chi connectivity index (χ2n) is 5.46. The second kappa shape index (κ2) is 3.67. The molecule has 0 N–H and O–H groups in total. The summed E-state index contributed by atoms with van der Waals surface area (Å²) < 4.78 is 0. The van der Waals surface area contributed by atoms with Gasteiger partial charge in [0.1, 0.15) is 0 Å². The molecule has 1 heteroatoms. The van der Waals surface area contributed by atoms with Gasteiger partial charge in [-0.1, -0.05) is 0 Å². The fourth-order valence-corrected chi connectivity index (χ4v) is 4.01. The molecule has 4 unspecified atom stereocenters. The fourth-order valence-electron chi connectivity index (χ4n) is 4.01. The Morgan fingerprint density at radius 2 is 1.50 bits per heavy atom. The highest BCUT2D eigenvalue weighted by atomic mass is 14.7. The third-order valence-electron chi connectivity index (χ3n) is 4.93. The Morgan fingerprint density at radius 1 is 0.786 bits per heavy atom. The summed E-state index contributed by atoms with van der Waals surface area (Å²) in [5, 5.41) is 0. The molecular formula is C13H21N. The van der Waals surface area contributed by atoms with Crippen LogP contribution in [0.3, 0.4) is 0 Å². The van der Waals surface area contributed by atoms with E-state index in [1.54, 1.807) is 6.42 Å². The smallest absolute Gasteiger partial charge is 0.0388 e. The second-order valence-corrected chi connectivity index (χ2v) is 5.46. The minimum atomic E-state index is 1.04. The highest BCUT2D eigenvalue weighted by molar-refractivity contribution is 5.57. The summed E-state index contributed by atoms with van der Waals surface area (Å²) in [6.45, 7) is 1.11. The van der Waals surface area contributed by atoms with Gasteiger partial charge in [-0.15, -0.1) is 0 Å². The van der Waals surface area contributed by atoms with E-state index in [1.165, 1.54) is 38.5 Å². The van der Waals surface area contributed by atoms with Crippen LogP contribution in [0.1, 0.15) is 44.9 Å². The van der Waals surface area contributed by atoms with E-state index in [0.29, 0.717) is 0 Å². The van der Waals surface area contributed by atoms with Crippen LogP contribution in [0.25, 0.3) is 0 Å². The molecule has 2 bridgehead atoms. The summed E-state index contributed by atoms with van der Waals surface area (Å²) in [5.74, 6) is 4.34. The Labute approximate surface area is 87.0 Å². The number of fused-ring (bicyclic) bond motifs is 5. The Balaban J connectivity index is 1.77. The third kappa shape index (κ3) is 1.41. The van der Waals surface area contributed by atoms with Gasteiger partial charge in [0.15, 0.2) is 0 Å². The molecular weight excluding hydrogens is 170 g/mol. The summed E-state index contributed by atoms with van der Waals surface area (Å²) in [4.78, 5) is 4.51. The van der Waals surface area contributed by atoms with Gasteiger partial charge in [-0.05, 0) is 74.8 Å². The summed E-state index contributed by atoms with van der Waals surface area (Å²) in [7, 11) is 0. The molecule has 1 nitrogen and oxygen atoms in total. The van der Waals surface area contributed by atoms with Crippen molar-refractivity contribution in [3.05, 3.63) is 0 Å². The zero-order valence-electron chi connectivity index (χ0n) is 8.99. The monoisotopic (exact) mass is 191 g/mol. The van der Waals surface area contributed by atoms with Crippen molar-refractivity contribution in [2.24, 2.45) is 28.7 Å². The molecule has 0 aromatic heterocycles. The van der Waals surface area contributed by atoms with Crippen molar-refractivity contribution in [2.45, 2.75) is 44.9 Å². The van der Waals surface area contributed by atoms with Crippen LogP contribution in [0, 0.1) is 23.7 Å². The number of rotatable bonds is 0. The van der Waals surface area contributed by atoms with Crippen LogP contribution in [0.4, 0.5) is 0 Å². The van der Waals surface area contributed by atoms with E-state index < -0.39 is 0 Å². The van der Waals surface area contributed by atoms with E-state index >= 15 is 0 Å². The molecule has 0 saturated heterocycles. The first-order chi connectivity index (χ1) is 6.95. The molecule has 2 aliphatic carbocycles. The predicted molar refractivity (Wildman–Crippen MR) is 59.6 cm³/mol. The zero-order valence-corrected chi connectivity index (χ0v) is 8.99. The molecule has 0 amide bonds. The first-order valence-electron chi connectivity index (χ1n) is 6.43. The van der Waals surface area contributed by atoms with Crippen molar-refractivity contribution in [2.75, 3.05) is 6.54 Å². The van der Waals surface area contributed by atoms with Gasteiger partial charge in [0.25, 0.3) is 0 Å². The lowest BCUT2D eigenvalue weighted by Gasteiger charge is -2.51. The molecule has 0 spiro atoms. The molecule has 78 valence electrons. The summed E-state index contributed by atoms with van der Waals surface area (Å²) in [6.07, 6.45) is 12.4. The summed E-state index contributed by atoms with van der Waals surface area (Å²) in [6, 6.07) is 0. The molecule has 4 aliphatic rings. The average Bonchev–Trinajstić information content (AvgIpc) is 2.15. The molecule has 2 fully saturated rings.